The monoisotopic (exact) mass is 420 g/mol. The first-order chi connectivity index (χ1) is 14.1. The molecule has 1 aromatic carbocycles. The third-order valence-electron chi connectivity index (χ3n) is 4.84. The average molecular weight is 421 g/mol. The van der Waals surface area contributed by atoms with E-state index in [0.717, 1.165) is 16.3 Å². The number of hydrogen-bond acceptors (Lipinski definition) is 7. The lowest BCUT2D eigenvalue weighted by Crippen LogP contribution is -2.42. The lowest BCUT2D eigenvalue weighted by atomic mass is 10.2. The molecule has 1 unspecified atom stereocenters. The number of fused-ring (bicyclic) bond motifs is 1. The average Bonchev–Trinajstić information content (AvgIpc) is 3.19. The first-order valence-corrected chi connectivity index (χ1v) is 10.5. The number of aliphatic hydroxyl groups is 1. The highest BCUT2D eigenvalue weighted by molar-refractivity contribution is 7.10. The van der Waals surface area contributed by atoms with Gasteiger partial charge in [0.1, 0.15) is 24.2 Å². The number of methoxy groups -OCH3 is 2. The van der Waals surface area contributed by atoms with Gasteiger partial charge in [0, 0.05) is 38.0 Å². The summed E-state index contributed by atoms with van der Waals surface area (Å²) >= 11 is 1.63. The van der Waals surface area contributed by atoms with Gasteiger partial charge in [-0.25, -0.2) is 0 Å². The fourth-order valence-corrected chi connectivity index (χ4v) is 4.18. The molecule has 2 aromatic rings. The predicted octanol–water partition coefficient (Wildman–Crippen LogP) is 2.38. The number of benzene rings is 1. The zero-order chi connectivity index (χ0) is 20.6. The molecular formula is C21H28N2O5S. The lowest BCUT2D eigenvalue weighted by molar-refractivity contribution is -0.132. The van der Waals surface area contributed by atoms with Crippen LogP contribution in [0.1, 0.15) is 11.3 Å². The smallest absolute Gasteiger partial charge is 0.224 e. The fourth-order valence-electron chi connectivity index (χ4n) is 3.27. The van der Waals surface area contributed by atoms with Crippen LogP contribution in [0.15, 0.2) is 35.7 Å². The van der Waals surface area contributed by atoms with Crippen molar-refractivity contribution < 1.29 is 24.1 Å². The molecule has 0 saturated carbocycles. The minimum absolute atomic E-state index is 0.107. The Morgan fingerprint density at radius 3 is 2.62 bits per heavy atom. The third kappa shape index (κ3) is 5.85. The lowest BCUT2D eigenvalue weighted by Gasteiger charge is -2.32. The van der Waals surface area contributed by atoms with Gasteiger partial charge in [-0.05, 0) is 35.7 Å². The zero-order valence-corrected chi connectivity index (χ0v) is 17.7. The van der Waals surface area contributed by atoms with E-state index in [1.807, 2.05) is 34.5 Å². The van der Waals surface area contributed by atoms with E-state index < -0.39 is 6.10 Å². The Kier molecular flexibility index (Phi) is 7.74. The van der Waals surface area contributed by atoms with Gasteiger partial charge in [-0.2, -0.15) is 0 Å². The third-order valence-corrected chi connectivity index (χ3v) is 5.74. The summed E-state index contributed by atoms with van der Waals surface area (Å²) in [7, 11) is 3.26. The number of nitrogens with zero attached hydrogens (tertiary/aromatic N) is 2. The van der Waals surface area contributed by atoms with Gasteiger partial charge in [-0.3, -0.25) is 4.79 Å². The van der Waals surface area contributed by atoms with Crippen LogP contribution >= 0.6 is 11.3 Å². The van der Waals surface area contributed by atoms with Crippen molar-refractivity contribution in [3.05, 3.63) is 40.6 Å². The first kappa shape index (κ1) is 21.4. The number of aliphatic hydroxyl groups excluding tert-OH is 1. The number of β-amino-alcohol motifs (C(OH)–C–C–N with tert-alkyl or cyclic N) is 1. The zero-order valence-electron chi connectivity index (χ0n) is 16.9. The number of hydrogen-bond donors (Lipinski definition) is 1. The molecule has 0 aliphatic carbocycles. The summed E-state index contributed by atoms with van der Waals surface area (Å²) in [6.45, 7) is 2.83. The van der Waals surface area contributed by atoms with E-state index in [1.165, 1.54) is 0 Å². The van der Waals surface area contributed by atoms with E-state index in [4.69, 9.17) is 14.2 Å². The Balaban J connectivity index is 1.60. The molecule has 1 amide bonds. The summed E-state index contributed by atoms with van der Waals surface area (Å²) in [6.07, 6.45) is -0.269. The van der Waals surface area contributed by atoms with E-state index in [2.05, 4.69) is 11.0 Å². The number of anilines is 1. The highest BCUT2D eigenvalue weighted by Crippen LogP contribution is 2.30. The van der Waals surface area contributed by atoms with Gasteiger partial charge in [0.2, 0.25) is 5.91 Å². The van der Waals surface area contributed by atoms with Crippen molar-refractivity contribution in [3.8, 4) is 11.5 Å². The quantitative estimate of drug-likeness (QED) is 0.672. The molecule has 0 radical (unpaired) electrons. The van der Waals surface area contributed by atoms with E-state index in [1.54, 1.807) is 25.6 Å². The number of ether oxygens (including phenoxy) is 3. The van der Waals surface area contributed by atoms with E-state index in [9.17, 15) is 9.90 Å². The minimum atomic E-state index is -0.677. The molecule has 1 aliphatic rings. The summed E-state index contributed by atoms with van der Waals surface area (Å²) in [6, 6.07) is 9.32. The molecule has 7 nitrogen and oxygen atoms in total. The van der Waals surface area contributed by atoms with Crippen molar-refractivity contribution in [2.24, 2.45) is 0 Å². The molecule has 0 saturated heterocycles. The largest absolute Gasteiger partial charge is 0.497 e. The van der Waals surface area contributed by atoms with Crippen LogP contribution in [0, 0.1) is 0 Å². The molecule has 8 heteroatoms. The van der Waals surface area contributed by atoms with Crippen molar-refractivity contribution in [2.45, 2.75) is 19.1 Å². The molecule has 1 aromatic heterocycles. The maximum atomic E-state index is 12.5. The Hall–Kier alpha value is -2.29. The van der Waals surface area contributed by atoms with Gasteiger partial charge in [-0.15, -0.1) is 11.3 Å². The number of carbonyl (C=O) groups excluding carboxylic acids is 1. The van der Waals surface area contributed by atoms with Crippen LogP contribution in [0.4, 0.5) is 5.69 Å². The van der Waals surface area contributed by atoms with Crippen LogP contribution in [0.3, 0.4) is 0 Å². The van der Waals surface area contributed by atoms with E-state index >= 15 is 0 Å². The Bertz CT molecular complexity index is 780. The normalized spacial score (nSPS) is 15.5. The topological polar surface area (TPSA) is 71.5 Å². The molecule has 1 atom stereocenters. The molecule has 158 valence electrons. The van der Waals surface area contributed by atoms with Crippen LogP contribution in [0.5, 0.6) is 11.5 Å². The van der Waals surface area contributed by atoms with Crippen molar-refractivity contribution in [1.29, 1.82) is 0 Å². The van der Waals surface area contributed by atoms with Crippen LogP contribution in [0.25, 0.3) is 0 Å². The highest BCUT2D eigenvalue weighted by Gasteiger charge is 2.24. The molecule has 3 rings (SSSR count). The fraction of sp³-hybridized carbons (Fsp3) is 0.476. The van der Waals surface area contributed by atoms with Gasteiger partial charge in [0.15, 0.2) is 0 Å². The highest BCUT2D eigenvalue weighted by atomic mass is 32.1. The maximum absolute atomic E-state index is 12.5. The summed E-state index contributed by atoms with van der Waals surface area (Å²) in [4.78, 5) is 17.6. The van der Waals surface area contributed by atoms with Crippen molar-refractivity contribution in [3.63, 3.8) is 0 Å². The number of amides is 1. The Morgan fingerprint density at radius 1 is 1.14 bits per heavy atom. The number of carbonyl (C=O) groups is 1. The second-order valence-electron chi connectivity index (χ2n) is 6.87. The number of rotatable bonds is 9. The van der Waals surface area contributed by atoms with Gasteiger partial charge in [-0.1, -0.05) is 0 Å². The second-order valence-corrected chi connectivity index (χ2v) is 7.87. The van der Waals surface area contributed by atoms with Crippen LogP contribution in [-0.4, -0.2) is 69.1 Å². The molecule has 0 bridgehead atoms. The molecule has 1 aliphatic heterocycles. The SMILES string of the molecule is COCCN1Cc2sccc2N(CC(O)COc2ccc(OC)cc2)CCC1=O. The van der Waals surface area contributed by atoms with Crippen molar-refractivity contribution >= 4 is 22.9 Å². The van der Waals surface area contributed by atoms with Gasteiger partial charge < -0.3 is 29.1 Å². The summed E-state index contributed by atoms with van der Waals surface area (Å²) in [5.74, 6) is 1.54. The summed E-state index contributed by atoms with van der Waals surface area (Å²) < 4.78 is 16.0. The second kappa shape index (κ2) is 10.5. The van der Waals surface area contributed by atoms with Gasteiger partial charge >= 0.3 is 0 Å². The molecule has 0 fully saturated rings. The van der Waals surface area contributed by atoms with Crippen molar-refractivity contribution in [2.75, 3.05) is 52.0 Å². The predicted molar refractivity (Wildman–Crippen MR) is 113 cm³/mol. The van der Waals surface area contributed by atoms with E-state index in [-0.39, 0.29) is 12.5 Å². The molecule has 0 spiro atoms. The Labute approximate surface area is 175 Å². The summed E-state index contributed by atoms with van der Waals surface area (Å²) in [5, 5.41) is 12.6. The Morgan fingerprint density at radius 2 is 1.90 bits per heavy atom. The standard InChI is InChI=1S/C21H28N2O5S/c1-26-11-10-23-14-20-19(8-12-29-20)22(9-7-21(23)25)13-16(24)15-28-18-5-3-17(27-2)4-6-18/h3-6,8,12,16,24H,7,9-11,13-15H2,1-2H3. The van der Waals surface area contributed by atoms with Gasteiger partial charge in [0.05, 0.1) is 25.9 Å². The summed E-state index contributed by atoms with van der Waals surface area (Å²) in [5.41, 5.74) is 1.08. The first-order valence-electron chi connectivity index (χ1n) is 9.63. The minimum Gasteiger partial charge on any atom is -0.497 e. The molecule has 1 N–H and O–H groups in total. The van der Waals surface area contributed by atoms with Crippen molar-refractivity contribution in [1.82, 2.24) is 4.90 Å². The van der Waals surface area contributed by atoms with Crippen LogP contribution in [0.2, 0.25) is 0 Å². The van der Waals surface area contributed by atoms with E-state index in [0.29, 0.717) is 45.0 Å². The maximum Gasteiger partial charge on any atom is 0.224 e. The molecular weight excluding hydrogens is 392 g/mol. The molecule has 29 heavy (non-hydrogen) atoms. The number of thiophene rings is 1. The van der Waals surface area contributed by atoms with Crippen LogP contribution in [-0.2, 0) is 16.1 Å². The van der Waals surface area contributed by atoms with Crippen LogP contribution < -0.4 is 14.4 Å². The molecule has 2 heterocycles. The van der Waals surface area contributed by atoms with Gasteiger partial charge in [0.25, 0.3) is 0 Å².